The van der Waals surface area contributed by atoms with Gasteiger partial charge in [0.25, 0.3) is 0 Å². The molecule has 0 bridgehead atoms. The lowest BCUT2D eigenvalue weighted by atomic mass is 10.1. The quantitative estimate of drug-likeness (QED) is 0.871. The summed E-state index contributed by atoms with van der Waals surface area (Å²) >= 11 is 3.47. The zero-order valence-corrected chi connectivity index (χ0v) is 12.5. The van der Waals surface area contributed by atoms with Crippen LogP contribution in [0.3, 0.4) is 0 Å². The highest BCUT2D eigenvalue weighted by Crippen LogP contribution is 2.20. The third-order valence-electron chi connectivity index (χ3n) is 2.71. The molecule has 0 saturated carbocycles. The van der Waals surface area contributed by atoms with Crippen molar-refractivity contribution in [1.82, 2.24) is 10.2 Å². The van der Waals surface area contributed by atoms with Crippen LogP contribution in [0.15, 0.2) is 22.7 Å². The van der Waals surface area contributed by atoms with Gasteiger partial charge >= 0.3 is 12.0 Å². The molecular formula is C13H17BrN2O3. The van der Waals surface area contributed by atoms with E-state index in [1.165, 1.54) is 4.90 Å². The van der Waals surface area contributed by atoms with E-state index in [0.717, 1.165) is 15.6 Å². The minimum absolute atomic E-state index is 0.0575. The molecule has 0 heterocycles. The summed E-state index contributed by atoms with van der Waals surface area (Å²) in [7, 11) is 1.57. The van der Waals surface area contributed by atoms with Crippen molar-refractivity contribution in [2.45, 2.75) is 19.9 Å². The van der Waals surface area contributed by atoms with Gasteiger partial charge in [-0.25, -0.2) is 4.79 Å². The summed E-state index contributed by atoms with van der Waals surface area (Å²) in [6, 6.07) is 5.55. The van der Waals surface area contributed by atoms with Gasteiger partial charge in [-0.3, -0.25) is 4.79 Å². The minimum Gasteiger partial charge on any atom is -0.481 e. The zero-order chi connectivity index (χ0) is 14.4. The van der Waals surface area contributed by atoms with Gasteiger partial charge in [-0.1, -0.05) is 34.1 Å². The fourth-order valence-electron chi connectivity index (χ4n) is 1.52. The van der Waals surface area contributed by atoms with Gasteiger partial charge in [0.15, 0.2) is 0 Å². The molecule has 0 spiro atoms. The molecule has 2 amide bonds. The summed E-state index contributed by atoms with van der Waals surface area (Å²) in [5.41, 5.74) is 2.09. The summed E-state index contributed by atoms with van der Waals surface area (Å²) < 4.78 is 0.975. The summed E-state index contributed by atoms with van der Waals surface area (Å²) in [4.78, 5) is 23.5. The highest BCUT2D eigenvalue weighted by atomic mass is 79.9. The fourth-order valence-corrected chi connectivity index (χ4v) is 1.92. The van der Waals surface area contributed by atoms with Crippen LogP contribution in [0, 0.1) is 6.92 Å². The molecule has 0 radical (unpaired) electrons. The first-order valence-electron chi connectivity index (χ1n) is 5.86. The number of nitrogens with zero attached hydrogens (tertiary/aromatic N) is 1. The number of carbonyl (C=O) groups excluding carboxylic acids is 1. The standard InChI is InChI=1S/C13H17BrN2O3/c1-9-4-3-5-10(12(9)14)8-15-13(19)16(2)7-6-11(17)18/h3-5H,6-8H2,1-2H3,(H,15,19)(H,17,18). The molecule has 104 valence electrons. The van der Waals surface area contributed by atoms with Crippen LogP contribution in [0.5, 0.6) is 0 Å². The largest absolute Gasteiger partial charge is 0.481 e. The molecule has 0 aliphatic carbocycles. The average molecular weight is 329 g/mol. The topological polar surface area (TPSA) is 69.6 Å². The van der Waals surface area contributed by atoms with Gasteiger partial charge in [0.2, 0.25) is 0 Å². The predicted octanol–water partition coefficient (Wildman–Crippen LogP) is 2.37. The van der Waals surface area contributed by atoms with Gasteiger partial charge < -0.3 is 15.3 Å². The van der Waals surface area contributed by atoms with Crippen molar-refractivity contribution in [3.05, 3.63) is 33.8 Å². The van der Waals surface area contributed by atoms with Gasteiger partial charge in [-0.05, 0) is 18.1 Å². The van der Waals surface area contributed by atoms with Crippen LogP contribution in [0.4, 0.5) is 4.79 Å². The molecule has 0 atom stereocenters. The zero-order valence-electron chi connectivity index (χ0n) is 10.9. The van der Waals surface area contributed by atoms with Gasteiger partial charge in [0.1, 0.15) is 0 Å². The van der Waals surface area contributed by atoms with Crippen molar-refractivity contribution in [3.63, 3.8) is 0 Å². The third-order valence-corrected chi connectivity index (χ3v) is 3.84. The Morgan fingerprint density at radius 2 is 2.11 bits per heavy atom. The Hall–Kier alpha value is -1.56. The molecule has 19 heavy (non-hydrogen) atoms. The highest BCUT2D eigenvalue weighted by Gasteiger charge is 2.10. The van der Waals surface area contributed by atoms with Crippen LogP contribution < -0.4 is 5.32 Å². The number of urea groups is 1. The Morgan fingerprint density at radius 1 is 1.42 bits per heavy atom. The fraction of sp³-hybridized carbons (Fsp3) is 0.385. The number of carboxylic acid groups (broad SMARTS) is 1. The maximum atomic E-state index is 11.7. The predicted molar refractivity (Wildman–Crippen MR) is 76.0 cm³/mol. The lowest BCUT2D eigenvalue weighted by Gasteiger charge is -2.17. The molecule has 1 aromatic rings. The monoisotopic (exact) mass is 328 g/mol. The maximum absolute atomic E-state index is 11.7. The molecular weight excluding hydrogens is 312 g/mol. The first kappa shape index (κ1) is 15.5. The van der Waals surface area contributed by atoms with Crippen LogP contribution in [0.1, 0.15) is 17.5 Å². The summed E-state index contributed by atoms with van der Waals surface area (Å²) in [6.45, 7) is 2.57. The molecule has 0 unspecified atom stereocenters. The summed E-state index contributed by atoms with van der Waals surface area (Å²) in [5.74, 6) is -0.916. The molecule has 1 rings (SSSR count). The molecule has 0 saturated heterocycles. The van der Waals surface area contributed by atoms with E-state index in [0.29, 0.717) is 6.54 Å². The van der Waals surface area contributed by atoms with Crippen LogP contribution in [-0.4, -0.2) is 35.6 Å². The van der Waals surface area contributed by atoms with Crippen molar-refractivity contribution in [3.8, 4) is 0 Å². The van der Waals surface area contributed by atoms with E-state index >= 15 is 0 Å². The van der Waals surface area contributed by atoms with Gasteiger partial charge in [-0.15, -0.1) is 0 Å². The number of aliphatic carboxylic acids is 1. The maximum Gasteiger partial charge on any atom is 0.317 e. The lowest BCUT2D eigenvalue weighted by molar-refractivity contribution is -0.137. The smallest absolute Gasteiger partial charge is 0.317 e. The Bertz CT molecular complexity index is 477. The number of halogens is 1. The van der Waals surface area contributed by atoms with E-state index < -0.39 is 5.97 Å². The van der Waals surface area contributed by atoms with E-state index in [1.54, 1.807) is 7.05 Å². The number of benzene rings is 1. The second-order valence-corrected chi connectivity index (χ2v) is 5.07. The van der Waals surface area contributed by atoms with E-state index in [2.05, 4.69) is 21.2 Å². The van der Waals surface area contributed by atoms with Crippen molar-refractivity contribution in [1.29, 1.82) is 0 Å². The number of hydrogen-bond donors (Lipinski definition) is 2. The molecule has 0 aromatic heterocycles. The lowest BCUT2D eigenvalue weighted by Crippen LogP contribution is -2.38. The molecule has 2 N–H and O–H groups in total. The Morgan fingerprint density at radius 3 is 2.74 bits per heavy atom. The number of nitrogens with one attached hydrogen (secondary N) is 1. The molecule has 0 aliphatic rings. The Balaban J connectivity index is 2.49. The molecule has 5 nitrogen and oxygen atoms in total. The van der Waals surface area contributed by atoms with Crippen molar-refractivity contribution in [2.75, 3.05) is 13.6 Å². The van der Waals surface area contributed by atoms with Gasteiger partial charge in [0, 0.05) is 24.6 Å². The molecule has 6 heteroatoms. The number of carbonyl (C=O) groups is 2. The van der Waals surface area contributed by atoms with Gasteiger partial charge in [-0.2, -0.15) is 0 Å². The van der Waals surface area contributed by atoms with Crippen LogP contribution in [0.25, 0.3) is 0 Å². The Labute approximate surface area is 120 Å². The van der Waals surface area contributed by atoms with Crippen molar-refractivity contribution in [2.24, 2.45) is 0 Å². The first-order chi connectivity index (χ1) is 8.91. The average Bonchev–Trinajstić information content (AvgIpc) is 2.37. The van der Waals surface area contributed by atoms with E-state index in [-0.39, 0.29) is 19.0 Å². The number of carboxylic acids is 1. The number of hydrogen-bond acceptors (Lipinski definition) is 2. The number of amides is 2. The van der Waals surface area contributed by atoms with E-state index in [4.69, 9.17) is 5.11 Å². The normalized spacial score (nSPS) is 10.1. The third kappa shape index (κ3) is 4.90. The summed E-state index contributed by atoms with van der Waals surface area (Å²) in [6.07, 6.45) is -0.0575. The first-order valence-corrected chi connectivity index (χ1v) is 6.66. The summed E-state index contributed by atoms with van der Waals surface area (Å²) in [5, 5.41) is 11.3. The SMILES string of the molecule is Cc1cccc(CNC(=O)N(C)CCC(=O)O)c1Br. The van der Waals surface area contributed by atoms with Crippen LogP contribution in [0.2, 0.25) is 0 Å². The Kier molecular flexibility index (Phi) is 5.82. The number of rotatable bonds is 5. The van der Waals surface area contributed by atoms with Gasteiger partial charge in [0.05, 0.1) is 6.42 Å². The minimum atomic E-state index is -0.916. The second kappa shape index (κ2) is 7.13. The second-order valence-electron chi connectivity index (χ2n) is 4.27. The van der Waals surface area contributed by atoms with E-state index in [9.17, 15) is 9.59 Å². The molecule has 0 aliphatic heterocycles. The van der Waals surface area contributed by atoms with Crippen molar-refractivity contribution >= 4 is 27.9 Å². The van der Waals surface area contributed by atoms with Crippen LogP contribution in [-0.2, 0) is 11.3 Å². The van der Waals surface area contributed by atoms with E-state index in [1.807, 2.05) is 25.1 Å². The van der Waals surface area contributed by atoms with Crippen molar-refractivity contribution < 1.29 is 14.7 Å². The number of aryl methyl sites for hydroxylation is 1. The highest BCUT2D eigenvalue weighted by molar-refractivity contribution is 9.10. The van der Waals surface area contributed by atoms with Crippen LogP contribution >= 0.6 is 15.9 Å². The molecule has 0 fully saturated rings. The molecule has 1 aromatic carbocycles.